The molecule has 23 heavy (non-hydrogen) atoms. The van der Waals surface area contributed by atoms with Crippen LogP contribution in [-0.4, -0.2) is 28.3 Å². The number of carbonyl (C=O) groups is 1. The molecule has 0 spiro atoms. The summed E-state index contributed by atoms with van der Waals surface area (Å²) in [5.41, 5.74) is 8.03. The number of carboxylic acid groups (broad SMARTS) is 1. The molecule has 2 aromatic carbocycles. The monoisotopic (exact) mass is 313 g/mol. The van der Waals surface area contributed by atoms with Gasteiger partial charge in [-0.3, -0.25) is 4.79 Å². The van der Waals surface area contributed by atoms with E-state index in [4.69, 9.17) is 5.73 Å². The summed E-state index contributed by atoms with van der Waals surface area (Å²) < 4.78 is 0. The fourth-order valence-corrected chi connectivity index (χ4v) is 2.66. The minimum atomic E-state index is -0.903. The highest BCUT2D eigenvalue weighted by Gasteiger charge is 2.25. The van der Waals surface area contributed by atoms with Crippen molar-refractivity contribution in [3.05, 3.63) is 71.8 Å². The predicted octanol–water partition coefficient (Wildman–Crippen LogP) is 2.25. The molecule has 0 saturated carbocycles. The summed E-state index contributed by atoms with van der Waals surface area (Å²) in [5, 5.41) is 19.7. The maximum Gasteiger partial charge on any atom is 0.306 e. The molecular weight excluding hydrogens is 290 g/mol. The van der Waals surface area contributed by atoms with Crippen LogP contribution < -0.4 is 5.73 Å². The largest absolute Gasteiger partial charge is 0.481 e. The maximum atomic E-state index is 11.5. The quantitative estimate of drug-likeness (QED) is 0.698. The van der Waals surface area contributed by atoms with E-state index in [1.54, 1.807) is 0 Å². The molecule has 0 radical (unpaired) electrons. The van der Waals surface area contributed by atoms with E-state index in [2.05, 4.69) is 0 Å². The first-order valence-corrected chi connectivity index (χ1v) is 7.80. The summed E-state index contributed by atoms with van der Waals surface area (Å²) in [4.78, 5) is 11.5. The number of aliphatic hydroxyl groups excluding tert-OH is 1. The molecule has 0 heterocycles. The first kappa shape index (κ1) is 17.2. The number of carboxylic acids is 1. The number of hydrogen-bond acceptors (Lipinski definition) is 3. The average Bonchev–Trinajstić information content (AvgIpc) is 2.56. The standard InChI is InChI=1S/C19H23NO3/c20-17(12-15-9-5-2-6-10-15)18(21)13-16(19(22)23)11-14-7-3-1-4-8-14/h1-10,16-18,21H,11-13,20H2,(H,22,23). The molecule has 3 atom stereocenters. The van der Waals surface area contributed by atoms with Crippen LogP contribution in [0.5, 0.6) is 0 Å². The Morgan fingerprint density at radius 3 is 1.87 bits per heavy atom. The summed E-state index contributed by atoms with van der Waals surface area (Å²) in [5.74, 6) is -1.55. The molecule has 4 N–H and O–H groups in total. The van der Waals surface area contributed by atoms with Crippen molar-refractivity contribution >= 4 is 5.97 Å². The SMILES string of the molecule is NC(Cc1ccccc1)C(O)CC(Cc1ccccc1)C(=O)O. The van der Waals surface area contributed by atoms with E-state index in [0.29, 0.717) is 12.8 Å². The van der Waals surface area contributed by atoms with E-state index in [9.17, 15) is 15.0 Å². The zero-order valence-corrected chi connectivity index (χ0v) is 13.0. The summed E-state index contributed by atoms with van der Waals surface area (Å²) >= 11 is 0. The van der Waals surface area contributed by atoms with Gasteiger partial charge in [-0.2, -0.15) is 0 Å². The van der Waals surface area contributed by atoms with Gasteiger partial charge in [0, 0.05) is 6.04 Å². The second-order valence-corrected chi connectivity index (χ2v) is 5.88. The lowest BCUT2D eigenvalue weighted by atomic mass is 9.90. The highest BCUT2D eigenvalue weighted by atomic mass is 16.4. The predicted molar refractivity (Wildman–Crippen MR) is 90.0 cm³/mol. The third-order valence-corrected chi connectivity index (χ3v) is 4.01. The Hall–Kier alpha value is -2.17. The van der Waals surface area contributed by atoms with Gasteiger partial charge in [-0.25, -0.2) is 0 Å². The van der Waals surface area contributed by atoms with E-state index in [1.807, 2.05) is 60.7 Å². The number of benzene rings is 2. The van der Waals surface area contributed by atoms with Crippen LogP contribution in [-0.2, 0) is 17.6 Å². The van der Waals surface area contributed by atoms with Crippen molar-refractivity contribution in [2.45, 2.75) is 31.4 Å². The summed E-state index contributed by atoms with van der Waals surface area (Å²) in [6.45, 7) is 0. The summed E-state index contributed by atoms with van der Waals surface area (Å²) in [7, 11) is 0. The van der Waals surface area contributed by atoms with Crippen LogP contribution in [0.25, 0.3) is 0 Å². The van der Waals surface area contributed by atoms with Crippen molar-refractivity contribution < 1.29 is 15.0 Å². The Kier molecular flexibility index (Phi) is 6.32. The van der Waals surface area contributed by atoms with Gasteiger partial charge in [0.15, 0.2) is 0 Å². The van der Waals surface area contributed by atoms with Crippen molar-refractivity contribution in [2.24, 2.45) is 11.7 Å². The molecule has 4 nitrogen and oxygen atoms in total. The van der Waals surface area contributed by atoms with Crippen LogP contribution in [0.2, 0.25) is 0 Å². The van der Waals surface area contributed by atoms with Crippen LogP contribution in [0.3, 0.4) is 0 Å². The van der Waals surface area contributed by atoms with Gasteiger partial charge in [0.05, 0.1) is 12.0 Å². The first-order valence-electron chi connectivity index (χ1n) is 7.80. The van der Waals surface area contributed by atoms with Crippen LogP contribution in [0.1, 0.15) is 17.5 Å². The lowest BCUT2D eigenvalue weighted by Crippen LogP contribution is -2.39. The van der Waals surface area contributed by atoms with Crippen LogP contribution in [0.4, 0.5) is 0 Å². The molecular formula is C19H23NO3. The number of rotatable bonds is 8. The van der Waals surface area contributed by atoms with Gasteiger partial charge in [0.1, 0.15) is 0 Å². The fourth-order valence-electron chi connectivity index (χ4n) is 2.66. The van der Waals surface area contributed by atoms with E-state index < -0.39 is 24.0 Å². The lowest BCUT2D eigenvalue weighted by Gasteiger charge is -2.22. The first-order chi connectivity index (χ1) is 11.1. The van der Waals surface area contributed by atoms with Crippen LogP contribution in [0, 0.1) is 5.92 Å². The zero-order valence-electron chi connectivity index (χ0n) is 13.0. The van der Waals surface area contributed by atoms with Gasteiger partial charge >= 0.3 is 5.97 Å². The smallest absolute Gasteiger partial charge is 0.306 e. The minimum Gasteiger partial charge on any atom is -0.481 e. The normalized spacial score (nSPS) is 14.9. The van der Waals surface area contributed by atoms with E-state index in [0.717, 1.165) is 11.1 Å². The van der Waals surface area contributed by atoms with Crippen molar-refractivity contribution in [3.63, 3.8) is 0 Å². The highest BCUT2D eigenvalue weighted by molar-refractivity contribution is 5.70. The molecule has 0 aliphatic carbocycles. The molecule has 0 aromatic heterocycles. The zero-order chi connectivity index (χ0) is 16.7. The van der Waals surface area contributed by atoms with E-state index in [1.165, 1.54) is 0 Å². The van der Waals surface area contributed by atoms with Gasteiger partial charge < -0.3 is 15.9 Å². The van der Waals surface area contributed by atoms with Gasteiger partial charge in [-0.15, -0.1) is 0 Å². The molecule has 0 aliphatic rings. The Labute approximate surface area is 136 Å². The second kappa shape index (κ2) is 8.46. The van der Waals surface area contributed by atoms with Gasteiger partial charge in [-0.1, -0.05) is 60.7 Å². The topological polar surface area (TPSA) is 83.5 Å². The Bertz CT molecular complexity index is 601. The molecule has 2 aromatic rings. The second-order valence-electron chi connectivity index (χ2n) is 5.88. The number of aliphatic hydroxyl groups is 1. The van der Waals surface area contributed by atoms with Gasteiger partial charge in [0.2, 0.25) is 0 Å². The van der Waals surface area contributed by atoms with Crippen LogP contribution >= 0.6 is 0 Å². The number of nitrogens with two attached hydrogens (primary N) is 1. The Balaban J connectivity index is 1.94. The van der Waals surface area contributed by atoms with Gasteiger partial charge in [-0.05, 0) is 30.4 Å². The fraction of sp³-hybridized carbons (Fsp3) is 0.316. The third kappa shape index (κ3) is 5.51. The molecule has 122 valence electrons. The highest BCUT2D eigenvalue weighted by Crippen LogP contribution is 2.17. The molecule has 0 aliphatic heterocycles. The van der Waals surface area contributed by atoms with E-state index >= 15 is 0 Å². The molecule has 2 rings (SSSR count). The summed E-state index contributed by atoms with van der Waals surface area (Å²) in [6, 6.07) is 18.6. The number of hydrogen-bond donors (Lipinski definition) is 3. The van der Waals surface area contributed by atoms with E-state index in [-0.39, 0.29) is 6.42 Å². The van der Waals surface area contributed by atoms with Gasteiger partial charge in [0.25, 0.3) is 0 Å². The third-order valence-electron chi connectivity index (χ3n) is 4.01. The molecule has 0 saturated heterocycles. The molecule has 0 amide bonds. The van der Waals surface area contributed by atoms with Crippen molar-refractivity contribution in [1.29, 1.82) is 0 Å². The van der Waals surface area contributed by atoms with Crippen molar-refractivity contribution in [2.75, 3.05) is 0 Å². The summed E-state index contributed by atoms with van der Waals surface area (Å²) in [6.07, 6.45) is 0.225. The van der Waals surface area contributed by atoms with Crippen LogP contribution in [0.15, 0.2) is 60.7 Å². The Morgan fingerprint density at radius 1 is 0.913 bits per heavy atom. The minimum absolute atomic E-state index is 0.151. The molecule has 4 heteroatoms. The van der Waals surface area contributed by atoms with Crippen molar-refractivity contribution in [3.8, 4) is 0 Å². The molecule has 3 unspecified atom stereocenters. The maximum absolute atomic E-state index is 11.5. The average molecular weight is 313 g/mol. The molecule has 0 bridgehead atoms. The lowest BCUT2D eigenvalue weighted by molar-refractivity contribution is -0.142. The Morgan fingerprint density at radius 2 is 1.39 bits per heavy atom. The molecule has 0 fully saturated rings. The van der Waals surface area contributed by atoms with Crippen molar-refractivity contribution in [1.82, 2.24) is 0 Å². The number of aliphatic carboxylic acids is 1.